The maximum Gasteiger partial charge on any atom is 0.407 e. The first-order chi connectivity index (χ1) is 30.4. The number of carbonyl (C=O) groups excluding carboxylic acids is 4. The normalized spacial score (nSPS) is 27.8. The third-order valence-electron chi connectivity index (χ3n) is 15.6. The molecular weight excluding hydrogens is 817 g/mol. The summed E-state index contributed by atoms with van der Waals surface area (Å²) in [5.74, 6) is 4.17. The number of unbranched alkanes of at least 4 members (excludes halogenated alkanes) is 1. The summed E-state index contributed by atoms with van der Waals surface area (Å²) in [5.41, 5.74) is 1.13. The highest BCUT2D eigenvalue weighted by molar-refractivity contribution is 5.77. The Morgan fingerprint density at radius 3 is 2.03 bits per heavy atom. The van der Waals surface area contributed by atoms with Crippen molar-refractivity contribution in [2.24, 2.45) is 46.3 Å². The highest BCUT2D eigenvalue weighted by Gasteiger charge is 2.59. The maximum absolute atomic E-state index is 13.7. The van der Waals surface area contributed by atoms with Gasteiger partial charge in [-0.1, -0.05) is 72.0 Å². The molecular formula is C54H96N4O7. The van der Waals surface area contributed by atoms with E-state index in [2.05, 4.69) is 56.6 Å². The number of amides is 3. The number of hydrogen-bond acceptors (Lipinski definition) is 8. The summed E-state index contributed by atoms with van der Waals surface area (Å²) < 4.78 is 17.1. The number of hydrogen-bond donors (Lipinski definition) is 3. The van der Waals surface area contributed by atoms with E-state index in [1.807, 2.05) is 60.3 Å². The summed E-state index contributed by atoms with van der Waals surface area (Å²) in [7, 11) is 0. The van der Waals surface area contributed by atoms with Gasteiger partial charge in [0.25, 0.3) is 0 Å². The van der Waals surface area contributed by atoms with Crippen LogP contribution in [0.1, 0.15) is 206 Å². The third kappa shape index (κ3) is 17.3. The van der Waals surface area contributed by atoms with Crippen molar-refractivity contribution in [3.05, 3.63) is 11.6 Å². The zero-order valence-electron chi connectivity index (χ0n) is 43.6. The maximum atomic E-state index is 13.7. The minimum absolute atomic E-state index is 0.0204. The van der Waals surface area contributed by atoms with Crippen LogP contribution in [0, 0.1) is 46.3 Å². The van der Waals surface area contributed by atoms with Crippen molar-refractivity contribution in [3.63, 3.8) is 0 Å². The molecule has 0 aromatic heterocycles. The third-order valence-corrected chi connectivity index (χ3v) is 15.6. The zero-order valence-corrected chi connectivity index (χ0v) is 43.6. The minimum Gasteiger partial charge on any atom is -0.462 e. The number of alkyl carbamates (subject to hydrolysis) is 2. The van der Waals surface area contributed by atoms with E-state index in [-0.39, 0.29) is 48.3 Å². The van der Waals surface area contributed by atoms with Gasteiger partial charge in [-0.05, 0) is 185 Å². The van der Waals surface area contributed by atoms with E-state index in [0.717, 1.165) is 75.3 Å². The van der Waals surface area contributed by atoms with Crippen molar-refractivity contribution in [2.75, 3.05) is 26.2 Å². The van der Waals surface area contributed by atoms with E-state index >= 15 is 0 Å². The highest BCUT2D eigenvalue weighted by atomic mass is 16.6. The number of carbonyl (C=O) groups is 4. The van der Waals surface area contributed by atoms with Crippen molar-refractivity contribution < 1.29 is 33.4 Å². The van der Waals surface area contributed by atoms with Gasteiger partial charge < -0.3 is 35.1 Å². The first kappa shape index (κ1) is 54.8. The van der Waals surface area contributed by atoms with E-state index in [9.17, 15) is 19.2 Å². The van der Waals surface area contributed by atoms with Crippen LogP contribution in [0.4, 0.5) is 9.59 Å². The second-order valence-corrected chi connectivity index (χ2v) is 24.1. The topological polar surface area (TPSA) is 135 Å². The second kappa shape index (κ2) is 24.5. The Labute approximate surface area is 396 Å². The first-order valence-electron chi connectivity index (χ1n) is 26.3. The number of nitrogens with zero attached hydrogens (tertiary/aromatic N) is 1. The predicted octanol–water partition coefficient (Wildman–Crippen LogP) is 11.9. The van der Waals surface area contributed by atoms with Crippen LogP contribution in [0.15, 0.2) is 11.6 Å². The molecule has 11 nitrogen and oxygen atoms in total. The van der Waals surface area contributed by atoms with Gasteiger partial charge in [-0.3, -0.25) is 9.59 Å². The fraction of sp³-hybridized carbons (Fsp3) is 0.889. The number of ether oxygens (including phenoxy) is 3. The smallest absolute Gasteiger partial charge is 0.407 e. The Hall–Kier alpha value is -2.82. The average molecular weight is 913 g/mol. The fourth-order valence-corrected chi connectivity index (χ4v) is 12.0. The lowest BCUT2D eigenvalue weighted by Crippen LogP contribution is -2.53. The van der Waals surface area contributed by atoms with E-state index in [0.29, 0.717) is 43.2 Å². The van der Waals surface area contributed by atoms with Crippen LogP contribution in [0.3, 0.4) is 0 Å². The van der Waals surface area contributed by atoms with Crippen molar-refractivity contribution in [1.82, 2.24) is 20.9 Å². The van der Waals surface area contributed by atoms with Crippen LogP contribution in [0.25, 0.3) is 0 Å². The van der Waals surface area contributed by atoms with Gasteiger partial charge in [-0.15, -0.1) is 0 Å². The Balaban J connectivity index is 1.29. The molecule has 3 N–H and O–H groups in total. The molecule has 0 radical (unpaired) electrons. The Kier molecular flexibility index (Phi) is 20.6. The second-order valence-electron chi connectivity index (χ2n) is 24.1. The molecule has 0 heterocycles. The molecule has 11 heteroatoms. The number of fused-ring (bicyclic) bond motifs is 5. The molecule has 0 spiro atoms. The molecule has 3 fully saturated rings. The Morgan fingerprint density at radius 2 is 1.38 bits per heavy atom. The van der Waals surface area contributed by atoms with E-state index < -0.39 is 23.4 Å². The molecule has 4 aliphatic rings. The van der Waals surface area contributed by atoms with E-state index in [4.69, 9.17) is 14.2 Å². The van der Waals surface area contributed by atoms with E-state index in [1.165, 1.54) is 51.4 Å². The van der Waals surface area contributed by atoms with Gasteiger partial charge in [0, 0.05) is 44.4 Å². The molecule has 3 saturated carbocycles. The first-order valence-corrected chi connectivity index (χ1v) is 26.3. The molecule has 0 aliphatic heterocycles. The average Bonchev–Trinajstić information content (AvgIpc) is 3.58. The molecule has 3 unspecified atom stereocenters. The van der Waals surface area contributed by atoms with Gasteiger partial charge in [0.1, 0.15) is 17.3 Å². The monoisotopic (exact) mass is 913 g/mol. The zero-order chi connectivity index (χ0) is 48.2. The number of rotatable bonds is 23. The van der Waals surface area contributed by atoms with Gasteiger partial charge in [0.15, 0.2) is 0 Å². The minimum atomic E-state index is -0.594. The van der Waals surface area contributed by atoms with Gasteiger partial charge in [-0.2, -0.15) is 0 Å². The number of allylic oxidation sites excluding steroid dienone is 1. The van der Waals surface area contributed by atoms with Crippen LogP contribution < -0.4 is 16.0 Å². The summed E-state index contributed by atoms with van der Waals surface area (Å²) >= 11 is 0. The number of nitrogens with one attached hydrogen (secondary N) is 3. The van der Waals surface area contributed by atoms with Gasteiger partial charge >= 0.3 is 18.2 Å². The van der Waals surface area contributed by atoms with Gasteiger partial charge in [-0.25, -0.2) is 9.59 Å². The standard InChI is InChI=1S/C54H96N4O7/c1-37(2)19-16-20-38(3)43-36-41-35-42(24-30-54(41,13)45-25-29-53(12)28-18-21-44(53)48(43)45)63-47(60)23-17-22-46(59)58(34-27-40(5)57-50(62)65-52(9,10)11)33-15-14-31-55-32-26-39(4)56-49(61)64-51(6,7)8/h36-40,42-45,48,55H,14-35H2,1-13H3,(H,56,61)(H,57,62)/t38-,39?,40?,42+,43?,44+,45+,48+,53-,54+/m1/s1. The van der Waals surface area contributed by atoms with Gasteiger partial charge in [0.05, 0.1) is 0 Å². The van der Waals surface area contributed by atoms with Crippen molar-refractivity contribution in [1.29, 1.82) is 0 Å². The summed E-state index contributed by atoms with van der Waals surface area (Å²) in [6.07, 6.45) is 19.4. The molecule has 65 heavy (non-hydrogen) atoms. The van der Waals surface area contributed by atoms with Crippen molar-refractivity contribution in [3.8, 4) is 0 Å². The lowest BCUT2D eigenvalue weighted by molar-refractivity contribution is -0.152. The SMILES string of the molecule is CC(C)CCC[C@@H](C)C1C=C2C[C@@H](OC(=O)CCCC(=O)N(CCCCNCCC(C)NC(=O)OC(C)(C)C)CCC(C)NC(=O)OC(C)(C)C)CC[C@]2(C)[C@H]2CC[C@@]3(C)CCC[C@H]3[C@H]12. The van der Waals surface area contributed by atoms with Crippen LogP contribution in [0.5, 0.6) is 0 Å². The predicted molar refractivity (Wildman–Crippen MR) is 262 cm³/mol. The molecule has 3 amide bonds. The fourth-order valence-electron chi connectivity index (χ4n) is 12.0. The lowest BCUT2D eigenvalue weighted by atomic mass is 9.45. The van der Waals surface area contributed by atoms with Crippen LogP contribution >= 0.6 is 0 Å². The van der Waals surface area contributed by atoms with Crippen LogP contribution in [-0.2, 0) is 23.8 Å². The molecule has 10 atom stereocenters. The summed E-state index contributed by atoms with van der Waals surface area (Å²) in [4.78, 5) is 53.6. The van der Waals surface area contributed by atoms with Gasteiger partial charge in [0.2, 0.25) is 5.91 Å². The highest BCUT2D eigenvalue weighted by Crippen LogP contribution is 2.67. The largest absolute Gasteiger partial charge is 0.462 e. The number of esters is 1. The Bertz CT molecular complexity index is 1570. The van der Waals surface area contributed by atoms with Crippen molar-refractivity contribution in [2.45, 2.75) is 235 Å². The summed E-state index contributed by atoms with van der Waals surface area (Å²) in [6.45, 7) is 30.0. The molecule has 0 aromatic carbocycles. The summed E-state index contributed by atoms with van der Waals surface area (Å²) in [5, 5.41) is 9.24. The molecule has 4 rings (SSSR count). The lowest BCUT2D eigenvalue weighted by Gasteiger charge is -2.60. The molecule has 4 aliphatic carbocycles. The molecule has 0 saturated heterocycles. The quantitative estimate of drug-likeness (QED) is 0.0399. The van der Waals surface area contributed by atoms with Crippen LogP contribution in [-0.4, -0.2) is 84.5 Å². The molecule has 374 valence electrons. The van der Waals surface area contributed by atoms with Crippen molar-refractivity contribution >= 4 is 24.1 Å². The van der Waals surface area contributed by atoms with E-state index in [1.54, 1.807) is 5.57 Å². The summed E-state index contributed by atoms with van der Waals surface area (Å²) in [6, 6.07) is -0.203. The molecule has 0 aromatic rings. The molecule has 0 bridgehead atoms. The Morgan fingerprint density at radius 1 is 0.723 bits per heavy atom. The van der Waals surface area contributed by atoms with Crippen LogP contribution in [0.2, 0.25) is 0 Å².